The van der Waals surface area contributed by atoms with Gasteiger partial charge in [-0.1, -0.05) is 18.5 Å². The molecular weight excluding hydrogens is 262 g/mol. The normalized spacial score (nSPS) is 11.9. The van der Waals surface area contributed by atoms with Crippen LogP contribution in [-0.2, 0) is 0 Å². The van der Waals surface area contributed by atoms with Crippen molar-refractivity contribution in [2.45, 2.75) is 30.6 Å². The molecule has 0 amide bonds. The summed E-state index contributed by atoms with van der Waals surface area (Å²) in [6.07, 6.45) is 0. The standard InChI is InChI=1S/C18H21NS/c1-13(2)19-16-7-10-17(11-8-16)20(5)18-9-6-14(3)15(4)12-18/h6-12,19H,1,5H2,2-4H3. The van der Waals surface area contributed by atoms with Gasteiger partial charge >= 0.3 is 0 Å². The Labute approximate surface area is 124 Å². The zero-order valence-corrected chi connectivity index (χ0v) is 13.2. The highest BCUT2D eigenvalue weighted by atomic mass is 32.2. The van der Waals surface area contributed by atoms with Gasteiger partial charge in [0, 0.05) is 21.2 Å². The molecule has 0 aliphatic heterocycles. The molecule has 20 heavy (non-hydrogen) atoms. The average Bonchev–Trinajstić information content (AvgIpc) is 2.41. The Morgan fingerprint density at radius 3 is 2.10 bits per heavy atom. The number of nitrogens with one attached hydrogen (secondary N) is 1. The molecule has 0 bridgehead atoms. The molecule has 0 aliphatic rings. The lowest BCUT2D eigenvalue weighted by molar-refractivity contribution is 1.27. The molecule has 0 radical (unpaired) electrons. The Morgan fingerprint density at radius 1 is 0.950 bits per heavy atom. The number of aryl methyl sites for hydroxylation is 2. The summed E-state index contributed by atoms with van der Waals surface area (Å²) in [5, 5.41) is 3.22. The van der Waals surface area contributed by atoms with E-state index in [1.54, 1.807) is 0 Å². The van der Waals surface area contributed by atoms with Gasteiger partial charge in [-0.05, 0) is 68.3 Å². The fourth-order valence-electron chi connectivity index (χ4n) is 1.95. The Bertz CT molecular complexity index is 654. The molecule has 1 N–H and O–H groups in total. The Balaban J connectivity index is 2.24. The smallest absolute Gasteiger partial charge is 0.0382 e. The molecule has 0 heterocycles. The quantitative estimate of drug-likeness (QED) is 0.744. The molecule has 0 spiro atoms. The Kier molecular flexibility index (Phi) is 4.46. The van der Waals surface area contributed by atoms with Crippen LogP contribution in [0.5, 0.6) is 0 Å². The number of allylic oxidation sites excluding steroid dienone is 1. The molecule has 1 nitrogen and oxygen atoms in total. The van der Waals surface area contributed by atoms with Crippen molar-refractivity contribution in [2.75, 3.05) is 5.32 Å². The van der Waals surface area contributed by atoms with Crippen molar-refractivity contribution in [3.8, 4) is 0 Å². The van der Waals surface area contributed by atoms with E-state index in [1.807, 2.05) is 6.92 Å². The predicted molar refractivity (Wildman–Crippen MR) is 92.0 cm³/mol. The highest BCUT2D eigenvalue weighted by Gasteiger charge is 2.03. The van der Waals surface area contributed by atoms with E-state index in [4.69, 9.17) is 0 Å². The molecule has 104 valence electrons. The largest absolute Gasteiger partial charge is 0.360 e. The van der Waals surface area contributed by atoms with E-state index in [-0.39, 0.29) is 10.5 Å². The summed E-state index contributed by atoms with van der Waals surface area (Å²) in [5.41, 5.74) is 4.66. The molecule has 2 rings (SSSR count). The number of anilines is 1. The summed E-state index contributed by atoms with van der Waals surface area (Å²) in [6.45, 7) is 10.1. The maximum Gasteiger partial charge on any atom is 0.0382 e. The van der Waals surface area contributed by atoms with E-state index >= 15 is 0 Å². The van der Waals surface area contributed by atoms with E-state index in [9.17, 15) is 0 Å². The van der Waals surface area contributed by atoms with Crippen LogP contribution in [0.4, 0.5) is 5.69 Å². The monoisotopic (exact) mass is 283 g/mol. The number of benzene rings is 2. The number of rotatable bonds is 4. The van der Waals surface area contributed by atoms with Gasteiger partial charge in [0.1, 0.15) is 0 Å². The van der Waals surface area contributed by atoms with Gasteiger partial charge < -0.3 is 5.32 Å². The van der Waals surface area contributed by atoms with Crippen LogP contribution in [0.15, 0.2) is 64.5 Å². The molecule has 2 heteroatoms. The lowest BCUT2D eigenvalue weighted by atomic mass is 10.1. The van der Waals surface area contributed by atoms with Crippen molar-refractivity contribution >= 4 is 22.0 Å². The van der Waals surface area contributed by atoms with Gasteiger partial charge in [-0.2, -0.15) is 0 Å². The van der Waals surface area contributed by atoms with E-state index < -0.39 is 0 Å². The molecule has 0 fully saturated rings. The van der Waals surface area contributed by atoms with Crippen molar-refractivity contribution in [3.05, 3.63) is 65.9 Å². The second kappa shape index (κ2) is 6.10. The summed E-state index contributed by atoms with van der Waals surface area (Å²) in [7, 11) is -0.137. The zero-order chi connectivity index (χ0) is 14.7. The van der Waals surface area contributed by atoms with Gasteiger partial charge in [0.25, 0.3) is 0 Å². The third kappa shape index (κ3) is 3.40. The fourth-order valence-corrected chi connectivity index (χ4v) is 3.24. The minimum absolute atomic E-state index is 0.137. The van der Waals surface area contributed by atoms with Crippen molar-refractivity contribution in [3.63, 3.8) is 0 Å². The van der Waals surface area contributed by atoms with Crippen molar-refractivity contribution in [2.24, 2.45) is 0 Å². The SMILES string of the molecule is C=C(C)Nc1ccc(S(=C)c2ccc(C)c(C)c2)cc1. The maximum absolute atomic E-state index is 4.33. The molecule has 2 aromatic rings. The van der Waals surface area contributed by atoms with Gasteiger partial charge in [-0.25, -0.2) is 0 Å². The van der Waals surface area contributed by atoms with Gasteiger partial charge in [0.2, 0.25) is 0 Å². The highest BCUT2D eigenvalue weighted by Crippen LogP contribution is 2.35. The summed E-state index contributed by atoms with van der Waals surface area (Å²) >= 11 is 0. The van der Waals surface area contributed by atoms with E-state index in [0.717, 1.165) is 11.4 Å². The van der Waals surface area contributed by atoms with Gasteiger partial charge in [0.15, 0.2) is 0 Å². The second-order valence-corrected chi connectivity index (χ2v) is 6.79. The molecule has 0 saturated carbocycles. The number of hydrogen-bond donors (Lipinski definition) is 1. The zero-order valence-electron chi connectivity index (χ0n) is 12.4. The van der Waals surface area contributed by atoms with Crippen LogP contribution in [0.1, 0.15) is 18.1 Å². The first-order valence-corrected chi connectivity index (χ1v) is 8.00. The van der Waals surface area contributed by atoms with Crippen molar-refractivity contribution in [1.29, 1.82) is 0 Å². The summed E-state index contributed by atoms with van der Waals surface area (Å²) in [4.78, 5) is 2.54. The lowest BCUT2D eigenvalue weighted by Gasteiger charge is -2.11. The fraction of sp³-hybridized carbons (Fsp3) is 0.167. The molecule has 2 aromatic carbocycles. The third-order valence-electron chi connectivity index (χ3n) is 3.26. The van der Waals surface area contributed by atoms with Crippen LogP contribution in [0.3, 0.4) is 0 Å². The van der Waals surface area contributed by atoms with E-state index in [0.29, 0.717) is 0 Å². The first-order chi connectivity index (χ1) is 9.47. The molecule has 0 aromatic heterocycles. The summed E-state index contributed by atoms with van der Waals surface area (Å²) < 4.78 is 0. The maximum atomic E-state index is 4.33. The summed E-state index contributed by atoms with van der Waals surface area (Å²) in [6, 6.07) is 15.0. The van der Waals surface area contributed by atoms with E-state index in [2.05, 4.69) is 74.1 Å². The Hall–Kier alpha value is -1.80. The van der Waals surface area contributed by atoms with E-state index in [1.165, 1.54) is 20.9 Å². The minimum atomic E-state index is -0.137. The van der Waals surface area contributed by atoms with Crippen LogP contribution in [0, 0.1) is 13.8 Å². The van der Waals surface area contributed by atoms with Crippen LogP contribution in [0.25, 0.3) is 0 Å². The molecular formula is C18H21NS. The molecule has 0 saturated heterocycles. The van der Waals surface area contributed by atoms with Crippen LogP contribution < -0.4 is 5.32 Å². The topological polar surface area (TPSA) is 12.0 Å². The highest BCUT2D eigenvalue weighted by molar-refractivity contribution is 8.14. The molecule has 1 unspecified atom stereocenters. The molecule has 1 atom stereocenters. The van der Waals surface area contributed by atoms with Crippen LogP contribution in [-0.4, -0.2) is 5.87 Å². The predicted octanol–water partition coefficient (Wildman–Crippen LogP) is 5.37. The van der Waals surface area contributed by atoms with Gasteiger partial charge in [-0.3, -0.25) is 0 Å². The van der Waals surface area contributed by atoms with Crippen LogP contribution in [0.2, 0.25) is 0 Å². The third-order valence-corrected chi connectivity index (χ3v) is 4.92. The first-order valence-electron chi connectivity index (χ1n) is 6.61. The second-order valence-electron chi connectivity index (χ2n) is 5.07. The average molecular weight is 283 g/mol. The first kappa shape index (κ1) is 14.6. The molecule has 0 aliphatic carbocycles. The Morgan fingerprint density at radius 2 is 1.55 bits per heavy atom. The number of hydrogen-bond acceptors (Lipinski definition) is 1. The van der Waals surface area contributed by atoms with Crippen LogP contribution >= 0.6 is 10.5 Å². The van der Waals surface area contributed by atoms with Gasteiger partial charge in [0.05, 0.1) is 0 Å². The van der Waals surface area contributed by atoms with Crippen molar-refractivity contribution in [1.82, 2.24) is 0 Å². The summed E-state index contributed by atoms with van der Waals surface area (Å²) in [5.74, 6) is 4.33. The minimum Gasteiger partial charge on any atom is -0.360 e. The lowest BCUT2D eigenvalue weighted by Crippen LogP contribution is -1.92. The van der Waals surface area contributed by atoms with Gasteiger partial charge in [-0.15, -0.1) is 10.5 Å². The van der Waals surface area contributed by atoms with Crippen molar-refractivity contribution < 1.29 is 0 Å².